The zero-order valence-electron chi connectivity index (χ0n) is 10.2. The number of rotatable bonds is 6. The van der Waals surface area contributed by atoms with E-state index in [0.717, 1.165) is 32.5 Å². The molecule has 0 aromatic heterocycles. The third kappa shape index (κ3) is 4.09. The summed E-state index contributed by atoms with van der Waals surface area (Å²) in [6, 6.07) is 0.639. The molecule has 2 N–H and O–H groups in total. The van der Waals surface area contributed by atoms with Crippen molar-refractivity contribution in [3.8, 4) is 0 Å². The molecule has 3 heteroatoms. The molecule has 15 heavy (non-hydrogen) atoms. The molecule has 3 nitrogen and oxygen atoms in total. The SMILES string of the molecule is CCOCC(N[C@H]1CCC[C@@H]1O)C(C)C. The Hall–Kier alpha value is -0.120. The molecular weight excluding hydrogens is 190 g/mol. The highest BCUT2D eigenvalue weighted by Crippen LogP contribution is 2.20. The van der Waals surface area contributed by atoms with Crippen LogP contribution in [0.4, 0.5) is 0 Å². The normalized spacial score (nSPS) is 28.6. The summed E-state index contributed by atoms with van der Waals surface area (Å²) in [5.74, 6) is 0.546. The minimum absolute atomic E-state index is 0.159. The summed E-state index contributed by atoms with van der Waals surface area (Å²) in [5.41, 5.74) is 0. The first-order valence-corrected chi connectivity index (χ1v) is 6.17. The molecule has 1 aliphatic carbocycles. The van der Waals surface area contributed by atoms with Crippen LogP contribution in [0.25, 0.3) is 0 Å². The molecular formula is C12H25NO2. The fourth-order valence-electron chi connectivity index (χ4n) is 2.09. The number of ether oxygens (including phenoxy) is 1. The number of nitrogens with one attached hydrogen (secondary N) is 1. The molecule has 3 atom stereocenters. The zero-order valence-corrected chi connectivity index (χ0v) is 10.2. The van der Waals surface area contributed by atoms with Crippen molar-refractivity contribution in [3.05, 3.63) is 0 Å². The molecule has 0 aromatic carbocycles. The Bertz CT molecular complexity index is 173. The Kier molecular flexibility index (Phi) is 5.58. The molecule has 0 bridgehead atoms. The van der Waals surface area contributed by atoms with Gasteiger partial charge in [0.1, 0.15) is 0 Å². The molecule has 1 saturated carbocycles. The molecule has 1 aliphatic rings. The van der Waals surface area contributed by atoms with Gasteiger partial charge in [-0.05, 0) is 32.1 Å². The van der Waals surface area contributed by atoms with Gasteiger partial charge in [-0.15, -0.1) is 0 Å². The first-order chi connectivity index (χ1) is 7.15. The second-order valence-corrected chi connectivity index (χ2v) is 4.78. The highest BCUT2D eigenvalue weighted by molar-refractivity contribution is 4.86. The van der Waals surface area contributed by atoms with Gasteiger partial charge in [0.2, 0.25) is 0 Å². The number of aliphatic hydroxyl groups excluding tert-OH is 1. The van der Waals surface area contributed by atoms with Gasteiger partial charge in [-0.1, -0.05) is 13.8 Å². The van der Waals surface area contributed by atoms with E-state index in [2.05, 4.69) is 19.2 Å². The quantitative estimate of drug-likeness (QED) is 0.706. The van der Waals surface area contributed by atoms with Crippen molar-refractivity contribution in [2.75, 3.05) is 13.2 Å². The highest BCUT2D eigenvalue weighted by atomic mass is 16.5. The first-order valence-electron chi connectivity index (χ1n) is 6.17. The van der Waals surface area contributed by atoms with Gasteiger partial charge in [0.25, 0.3) is 0 Å². The van der Waals surface area contributed by atoms with E-state index in [4.69, 9.17) is 4.74 Å². The second-order valence-electron chi connectivity index (χ2n) is 4.78. The van der Waals surface area contributed by atoms with Crippen molar-refractivity contribution in [1.29, 1.82) is 0 Å². The number of hydrogen-bond donors (Lipinski definition) is 2. The van der Waals surface area contributed by atoms with E-state index in [0.29, 0.717) is 12.0 Å². The van der Waals surface area contributed by atoms with Crippen LogP contribution >= 0.6 is 0 Å². The van der Waals surface area contributed by atoms with Crippen LogP contribution in [0.5, 0.6) is 0 Å². The summed E-state index contributed by atoms with van der Waals surface area (Å²) < 4.78 is 5.46. The Morgan fingerprint density at radius 3 is 2.60 bits per heavy atom. The van der Waals surface area contributed by atoms with E-state index < -0.39 is 0 Å². The smallest absolute Gasteiger partial charge is 0.0693 e. The lowest BCUT2D eigenvalue weighted by molar-refractivity contribution is 0.0849. The first kappa shape index (κ1) is 12.9. The number of aliphatic hydroxyl groups is 1. The minimum Gasteiger partial charge on any atom is -0.392 e. The summed E-state index contributed by atoms with van der Waals surface area (Å²) in [7, 11) is 0. The zero-order chi connectivity index (χ0) is 11.3. The van der Waals surface area contributed by atoms with Gasteiger partial charge in [0.15, 0.2) is 0 Å². The predicted octanol–water partition coefficient (Wildman–Crippen LogP) is 1.55. The van der Waals surface area contributed by atoms with Gasteiger partial charge in [0.05, 0.1) is 12.7 Å². The van der Waals surface area contributed by atoms with Crippen LogP contribution in [-0.2, 0) is 4.74 Å². The van der Waals surface area contributed by atoms with Crippen LogP contribution in [0.15, 0.2) is 0 Å². The summed E-state index contributed by atoms with van der Waals surface area (Å²) in [4.78, 5) is 0. The summed E-state index contributed by atoms with van der Waals surface area (Å²) in [6.07, 6.45) is 3.01. The lowest BCUT2D eigenvalue weighted by Crippen LogP contribution is -2.47. The van der Waals surface area contributed by atoms with Gasteiger partial charge in [-0.2, -0.15) is 0 Å². The van der Waals surface area contributed by atoms with Gasteiger partial charge < -0.3 is 15.2 Å². The average Bonchev–Trinajstić information content (AvgIpc) is 2.58. The number of hydrogen-bond acceptors (Lipinski definition) is 3. The van der Waals surface area contributed by atoms with Crippen molar-refractivity contribution in [3.63, 3.8) is 0 Å². The lowest BCUT2D eigenvalue weighted by atomic mass is 10.0. The molecule has 0 heterocycles. The van der Waals surface area contributed by atoms with Crippen molar-refractivity contribution >= 4 is 0 Å². The molecule has 0 radical (unpaired) electrons. The van der Waals surface area contributed by atoms with Crippen LogP contribution in [0.1, 0.15) is 40.0 Å². The monoisotopic (exact) mass is 215 g/mol. The van der Waals surface area contributed by atoms with Gasteiger partial charge in [-0.25, -0.2) is 0 Å². The largest absolute Gasteiger partial charge is 0.392 e. The fraction of sp³-hybridized carbons (Fsp3) is 1.00. The van der Waals surface area contributed by atoms with E-state index in [1.807, 2.05) is 6.92 Å². The molecule has 0 aliphatic heterocycles. The average molecular weight is 215 g/mol. The molecule has 0 aromatic rings. The van der Waals surface area contributed by atoms with Gasteiger partial charge in [0, 0.05) is 18.7 Å². The maximum Gasteiger partial charge on any atom is 0.0693 e. The maximum absolute atomic E-state index is 9.74. The molecule has 1 rings (SSSR count). The Labute approximate surface area is 93.2 Å². The van der Waals surface area contributed by atoms with E-state index in [-0.39, 0.29) is 12.1 Å². The Morgan fingerprint density at radius 1 is 1.40 bits per heavy atom. The second kappa shape index (κ2) is 6.46. The standard InChI is InChI=1S/C12H25NO2/c1-4-15-8-11(9(2)3)13-10-6-5-7-12(10)14/h9-14H,4-8H2,1-3H3/t10-,11?,12-/m0/s1. The maximum atomic E-state index is 9.74. The summed E-state index contributed by atoms with van der Waals surface area (Å²) in [6.45, 7) is 7.91. The fourth-order valence-corrected chi connectivity index (χ4v) is 2.09. The highest BCUT2D eigenvalue weighted by Gasteiger charge is 2.28. The molecule has 1 fully saturated rings. The van der Waals surface area contributed by atoms with Crippen molar-refractivity contribution in [1.82, 2.24) is 5.32 Å². The lowest BCUT2D eigenvalue weighted by Gasteiger charge is -2.27. The third-order valence-corrected chi connectivity index (χ3v) is 3.21. The van der Waals surface area contributed by atoms with Crippen LogP contribution in [0, 0.1) is 5.92 Å². The van der Waals surface area contributed by atoms with E-state index in [1.165, 1.54) is 0 Å². The Balaban J connectivity index is 2.35. The topological polar surface area (TPSA) is 41.5 Å². The van der Waals surface area contributed by atoms with E-state index in [1.54, 1.807) is 0 Å². The third-order valence-electron chi connectivity index (χ3n) is 3.21. The van der Waals surface area contributed by atoms with Crippen LogP contribution < -0.4 is 5.32 Å². The molecule has 0 spiro atoms. The molecule has 0 amide bonds. The van der Waals surface area contributed by atoms with Crippen LogP contribution in [0.3, 0.4) is 0 Å². The Morgan fingerprint density at radius 2 is 2.13 bits per heavy atom. The van der Waals surface area contributed by atoms with Crippen LogP contribution in [-0.4, -0.2) is 36.5 Å². The minimum atomic E-state index is -0.159. The summed E-state index contributed by atoms with van der Waals surface area (Å²) in [5, 5.41) is 13.3. The van der Waals surface area contributed by atoms with Gasteiger partial charge in [-0.3, -0.25) is 0 Å². The predicted molar refractivity (Wildman–Crippen MR) is 61.9 cm³/mol. The van der Waals surface area contributed by atoms with E-state index >= 15 is 0 Å². The van der Waals surface area contributed by atoms with Crippen molar-refractivity contribution in [2.45, 2.75) is 58.2 Å². The van der Waals surface area contributed by atoms with Crippen molar-refractivity contribution in [2.24, 2.45) is 5.92 Å². The molecule has 0 saturated heterocycles. The molecule has 90 valence electrons. The molecule has 1 unspecified atom stereocenters. The van der Waals surface area contributed by atoms with Gasteiger partial charge >= 0.3 is 0 Å². The van der Waals surface area contributed by atoms with E-state index in [9.17, 15) is 5.11 Å². The summed E-state index contributed by atoms with van der Waals surface area (Å²) >= 11 is 0. The van der Waals surface area contributed by atoms with Crippen LogP contribution in [0.2, 0.25) is 0 Å². The van der Waals surface area contributed by atoms with Crippen molar-refractivity contribution < 1.29 is 9.84 Å².